The smallest absolute Gasteiger partial charge is 0.360 e. The summed E-state index contributed by atoms with van der Waals surface area (Å²) in [6.07, 6.45) is -2.77. The first-order chi connectivity index (χ1) is 9.40. The summed E-state index contributed by atoms with van der Waals surface area (Å²) in [6, 6.07) is 3.64. The van der Waals surface area contributed by atoms with Gasteiger partial charge < -0.3 is 10.6 Å². The lowest BCUT2D eigenvalue weighted by Gasteiger charge is -2.11. The summed E-state index contributed by atoms with van der Waals surface area (Å²) in [5, 5.41) is 14.0. The fraction of sp³-hybridized carbons (Fsp3) is 0.417. The number of nitriles is 1. The molecule has 2 rings (SSSR count). The van der Waals surface area contributed by atoms with Crippen molar-refractivity contribution in [2.75, 3.05) is 11.9 Å². The van der Waals surface area contributed by atoms with E-state index in [9.17, 15) is 18.0 Å². The molecule has 1 aliphatic carbocycles. The largest absolute Gasteiger partial charge is 0.433 e. The number of nitrogens with zero attached hydrogens (tertiary/aromatic N) is 2. The van der Waals surface area contributed by atoms with Crippen molar-refractivity contribution >= 4 is 11.7 Å². The lowest BCUT2D eigenvalue weighted by molar-refractivity contribution is -0.141. The van der Waals surface area contributed by atoms with Crippen molar-refractivity contribution in [3.8, 4) is 6.07 Å². The van der Waals surface area contributed by atoms with Gasteiger partial charge in [0, 0.05) is 6.04 Å². The van der Waals surface area contributed by atoms with E-state index in [2.05, 4.69) is 15.6 Å². The predicted molar refractivity (Wildman–Crippen MR) is 63.6 cm³/mol. The molecule has 1 heterocycles. The Labute approximate surface area is 112 Å². The molecular weight excluding hydrogens is 273 g/mol. The average Bonchev–Trinajstić information content (AvgIpc) is 3.18. The van der Waals surface area contributed by atoms with Gasteiger partial charge in [0.15, 0.2) is 0 Å². The van der Waals surface area contributed by atoms with Gasteiger partial charge in [-0.1, -0.05) is 0 Å². The molecule has 0 atom stereocenters. The first-order valence-electron chi connectivity index (χ1n) is 5.91. The van der Waals surface area contributed by atoms with Crippen molar-refractivity contribution in [1.29, 1.82) is 5.26 Å². The van der Waals surface area contributed by atoms with Crippen LogP contribution in [0.15, 0.2) is 12.1 Å². The molecule has 1 aliphatic rings. The molecule has 0 radical (unpaired) electrons. The molecular formula is C12H11F3N4O. The number of carbonyl (C=O) groups excluding carboxylic acids is 1. The summed E-state index contributed by atoms with van der Waals surface area (Å²) in [4.78, 5) is 14.8. The standard InChI is InChI=1S/C12H11F3N4O/c13-12(14,15)9-4-1-7(5-16)11(19-9)17-6-10(20)18-8-2-3-8/h1,4,8H,2-3,6H2,(H,17,19)(H,18,20). The zero-order valence-electron chi connectivity index (χ0n) is 10.3. The highest BCUT2D eigenvalue weighted by Crippen LogP contribution is 2.29. The maximum Gasteiger partial charge on any atom is 0.433 e. The van der Waals surface area contributed by atoms with Gasteiger partial charge in [-0.15, -0.1) is 0 Å². The Balaban J connectivity index is 2.08. The second-order valence-electron chi connectivity index (χ2n) is 4.40. The number of pyridine rings is 1. The maximum atomic E-state index is 12.5. The molecule has 8 heteroatoms. The molecule has 5 nitrogen and oxygen atoms in total. The second-order valence-corrected chi connectivity index (χ2v) is 4.40. The Morgan fingerprint density at radius 1 is 1.45 bits per heavy atom. The number of carbonyl (C=O) groups is 1. The topological polar surface area (TPSA) is 77.8 Å². The van der Waals surface area contributed by atoms with E-state index >= 15 is 0 Å². The Hall–Kier alpha value is -2.30. The fourth-order valence-electron chi connectivity index (χ4n) is 1.51. The van der Waals surface area contributed by atoms with Gasteiger partial charge in [0.2, 0.25) is 5.91 Å². The third kappa shape index (κ3) is 3.60. The van der Waals surface area contributed by atoms with Gasteiger partial charge in [-0.25, -0.2) is 4.98 Å². The van der Waals surface area contributed by atoms with Crippen molar-refractivity contribution in [3.63, 3.8) is 0 Å². The molecule has 20 heavy (non-hydrogen) atoms. The highest BCUT2D eigenvalue weighted by Gasteiger charge is 2.33. The van der Waals surface area contributed by atoms with Crippen LogP contribution < -0.4 is 10.6 Å². The number of amides is 1. The van der Waals surface area contributed by atoms with Crippen LogP contribution in [0.25, 0.3) is 0 Å². The molecule has 0 unspecified atom stereocenters. The first-order valence-corrected chi connectivity index (χ1v) is 5.91. The van der Waals surface area contributed by atoms with Gasteiger partial charge in [-0.05, 0) is 25.0 Å². The summed E-state index contributed by atoms with van der Waals surface area (Å²) in [6.45, 7) is -0.223. The van der Waals surface area contributed by atoms with Crippen molar-refractivity contribution in [1.82, 2.24) is 10.3 Å². The number of nitrogens with one attached hydrogen (secondary N) is 2. The second kappa shape index (κ2) is 5.36. The number of alkyl halides is 3. The molecule has 1 amide bonds. The molecule has 0 spiro atoms. The highest BCUT2D eigenvalue weighted by atomic mass is 19.4. The molecule has 106 valence electrons. The quantitative estimate of drug-likeness (QED) is 0.881. The van der Waals surface area contributed by atoms with Gasteiger partial charge >= 0.3 is 6.18 Å². The third-order valence-electron chi connectivity index (χ3n) is 2.66. The van der Waals surface area contributed by atoms with E-state index in [1.807, 2.05) is 0 Å². The van der Waals surface area contributed by atoms with Crippen molar-refractivity contribution in [2.24, 2.45) is 0 Å². The van der Waals surface area contributed by atoms with Crippen LogP contribution in [0.2, 0.25) is 0 Å². The van der Waals surface area contributed by atoms with E-state index in [0.717, 1.165) is 25.0 Å². The van der Waals surface area contributed by atoms with Crippen LogP contribution >= 0.6 is 0 Å². The molecule has 1 aromatic rings. The van der Waals surface area contributed by atoms with Gasteiger partial charge in [0.05, 0.1) is 12.1 Å². The zero-order valence-corrected chi connectivity index (χ0v) is 10.3. The number of anilines is 1. The lowest BCUT2D eigenvalue weighted by Crippen LogP contribution is -2.31. The Bertz CT molecular complexity index is 561. The Kier molecular flexibility index (Phi) is 3.79. The van der Waals surface area contributed by atoms with Gasteiger partial charge in [-0.3, -0.25) is 4.79 Å². The normalized spacial score (nSPS) is 14.5. The molecule has 1 aromatic heterocycles. The lowest BCUT2D eigenvalue weighted by atomic mass is 10.2. The van der Waals surface area contributed by atoms with Gasteiger partial charge in [-0.2, -0.15) is 18.4 Å². The van der Waals surface area contributed by atoms with E-state index in [0.29, 0.717) is 0 Å². The van der Waals surface area contributed by atoms with Crippen molar-refractivity contribution in [2.45, 2.75) is 25.1 Å². The summed E-state index contributed by atoms with van der Waals surface area (Å²) >= 11 is 0. The fourth-order valence-corrected chi connectivity index (χ4v) is 1.51. The van der Waals surface area contributed by atoms with Crippen LogP contribution in [0, 0.1) is 11.3 Å². The van der Waals surface area contributed by atoms with Crippen LogP contribution in [0.3, 0.4) is 0 Å². The van der Waals surface area contributed by atoms with E-state index in [1.165, 1.54) is 0 Å². The summed E-state index contributed by atoms with van der Waals surface area (Å²) in [5.41, 5.74) is -1.15. The summed E-state index contributed by atoms with van der Waals surface area (Å²) in [5.74, 6) is -0.580. The molecule has 0 aliphatic heterocycles. The minimum absolute atomic E-state index is 0.0442. The number of hydrogen-bond donors (Lipinski definition) is 2. The maximum absolute atomic E-state index is 12.5. The minimum Gasteiger partial charge on any atom is -0.360 e. The van der Waals surface area contributed by atoms with Crippen LogP contribution in [-0.2, 0) is 11.0 Å². The minimum atomic E-state index is -4.60. The average molecular weight is 284 g/mol. The number of hydrogen-bond acceptors (Lipinski definition) is 4. The van der Waals surface area contributed by atoms with E-state index < -0.39 is 11.9 Å². The Morgan fingerprint density at radius 2 is 2.15 bits per heavy atom. The van der Waals surface area contributed by atoms with Crippen molar-refractivity contribution in [3.05, 3.63) is 23.4 Å². The predicted octanol–water partition coefficient (Wildman–Crippen LogP) is 1.66. The SMILES string of the molecule is N#Cc1ccc(C(F)(F)F)nc1NCC(=O)NC1CC1. The number of aromatic nitrogens is 1. The van der Waals surface area contributed by atoms with Crippen LogP contribution in [0.1, 0.15) is 24.1 Å². The molecule has 2 N–H and O–H groups in total. The van der Waals surface area contributed by atoms with E-state index in [-0.39, 0.29) is 29.9 Å². The van der Waals surface area contributed by atoms with E-state index in [4.69, 9.17) is 5.26 Å². The molecule has 0 saturated heterocycles. The van der Waals surface area contributed by atoms with Crippen LogP contribution in [0.4, 0.5) is 19.0 Å². The molecule has 1 saturated carbocycles. The summed E-state index contributed by atoms with van der Waals surface area (Å²) < 4.78 is 37.6. The zero-order chi connectivity index (χ0) is 14.8. The molecule has 0 aromatic carbocycles. The van der Waals surface area contributed by atoms with Crippen LogP contribution in [-0.4, -0.2) is 23.5 Å². The molecule has 1 fully saturated rings. The molecule has 0 bridgehead atoms. The monoisotopic (exact) mass is 284 g/mol. The summed E-state index contributed by atoms with van der Waals surface area (Å²) in [7, 11) is 0. The third-order valence-corrected chi connectivity index (χ3v) is 2.66. The van der Waals surface area contributed by atoms with Crippen molar-refractivity contribution < 1.29 is 18.0 Å². The Morgan fingerprint density at radius 3 is 2.70 bits per heavy atom. The first kappa shape index (κ1) is 14.1. The van der Waals surface area contributed by atoms with Crippen LogP contribution in [0.5, 0.6) is 0 Å². The van der Waals surface area contributed by atoms with E-state index in [1.54, 1.807) is 6.07 Å². The highest BCUT2D eigenvalue weighted by molar-refractivity contribution is 5.81. The van der Waals surface area contributed by atoms with Gasteiger partial charge in [0.1, 0.15) is 17.6 Å². The number of halogens is 3. The van der Waals surface area contributed by atoms with Gasteiger partial charge in [0.25, 0.3) is 0 Å². The number of rotatable bonds is 4.